The molecule has 1 N–H and O–H groups in total. The van der Waals surface area contributed by atoms with E-state index in [1.807, 2.05) is 0 Å². The van der Waals surface area contributed by atoms with Crippen molar-refractivity contribution in [2.75, 3.05) is 0 Å². The third-order valence-electron chi connectivity index (χ3n) is 2.36. The average Bonchev–Trinajstić information content (AvgIpc) is 2.17. The Morgan fingerprint density at radius 3 is 2.92 bits per heavy atom. The normalized spacial score (nSPS) is 18.7. The van der Waals surface area contributed by atoms with Gasteiger partial charge in [0.2, 0.25) is 0 Å². The Balaban J connectivity index is 2.54. The van der Waals surface area contributed by atoms with Gasteiger partial charge in [0, 0.05) is 5.56 Å². The predicted molar refractivity (Wildman–Crippen MR) is 47.7 cm³/mol. The summed E-state index contributed by atoms with van der Waals surface area (Å²) in [5, 5.41) is 11.9. The van der Waals surface area contributed by atoms with Crippen LogP contribution in [0.5, 0.6) is 0 Å². The van der Waals surface area contributed by atoms with Gasteiger partial charge in [0.25, 0.3) is 0 Å². The highest BCUT2D eigenvalue weighted by atomic mass is 19.1. The van der Waals surface area contributed by atoms with Crippen LogP contribution in [0.3, 0.4) is 0 Å². The summed E-state index contributed by atoms with van der Waals surface area (Å²) in [5.74, 6) is -0.276. The monoisotopic (exact) mass is 179 g/mol. The first-order valence-corrected chi connectivity index (χ1v) is 4.31. The van der Waals surface area contributed by atoms with E-state index in [1.165, 1.54) is 12.1 Å². The van der Waals surface area contributed by atoms with E-state index in [9.17, 15) is 4.39 Å². The maximum atomic E-state index is 12.9. The molecule has 1 aromatic carbocycles. The Morgan fingerprint density at radius 1 is 1.31 bits per heavy atom. The van der Waals surface area contributed by atoms with Crippen LogP contribution >= 0.6 is 0 Å². The second kappa shape index (κ2) is 3.17. The largest absolute Gasteiger partial charge is 0.411 e. The summed E-state index contributed by atoms with van der Waals surface area (Å²) in [6.45, 7) is 0. The summed E-state index contributed by atoms with van der Waals surface area (Å²) in [6, 6.07) is 4.64. The van der Waals surface area contributed by atoms with Crippen molar-refractivity contribution in [1.29, 1.82) is 0 Å². The molecule has 0 spiro atoms. The molecule has 1 aromatic rings. The van der Waals surface area contributed by atoms with Crippen molar-refractivity contribution in [2.24, 2.45) is 5.16 Å². The number of nitrogens with zero attached hydrogens (tertiary/aromatic N) is 1. The van der Waals surface area contributed by atoms with Crippen molar-refractivity contribution in [3.05, 3.63) is 35.1 Å². The van der Waals surface area contributed by atoms with Crippen LogP contribution in [0.4, 0.5) is 4.39 Å². The van der Waals surface area contributed by atoms with Crippen molar-refractivity contribution in [1.82, 2.24) is 0 Å². The molecule has 2 nitrogen and oxygen atoms in total. The first-order chi connectivity index (χ1) is 6.31. The van der Waals surface area contributed by atoms with E-state index in [1.54, 1.807) is 6.07 Å². The molecule has 0 heterocycles. The average molecular weight is 179 g/mol. The van der Waals surface area contributed by atoms with Crippen molar-refractivity contribution in [3.63, 3.8) is 0 Å². The number of aryl methyl sites for hydroxylation is 1. The molecule has 0 radical (unpaired) electrons. The van der Waals surface area contributed by atoms with Crippen LogP contribution in [0, 0.1) is 5.82 Å². The number of hydrogen-bond acceptors (Lipinski definition) is 2. The lowest BCUT2D eigenvalue weighted by molar-refractivity contribution is 0.317. The molecule has 0 unspecified atom stereocenters. The van der Waals surface area contributed by atoms with Gasteiger partial charge in [-0.1, -0.05) is 11.2 Å². The zero-order chi connectivity index (χ0) is 9.26. The Kier molecular flexibility index (Phi) is 2.00. The van der Waals surface area contributed by atoms with E-state index in [-0.39, 0.29) is 5.82 Å². The van der Waals surface area contributed by atoms with Crippen molar-refractivity contribution >= 4 is 5.71 Å². The van der Waals surface area contributed by atoms with Crippen LogP contribution in [-0.4, -0.2) is 10.9 Å². The number of halogens is 1. The fourth-order valence-electron chi connectivity index (χ4n) is 1.72. The highest BCUT2D eigenvalue weighted by Crippen LogP contribution is 2.22. The first kappa shape index (κ1) is 8.23. The van der Waals surface area contributed by atoms with E-state index < -0.39 is 0 Å². The highest BCUT2D eigenvalue weighted by molar-refractivity contribution is 6.02. The lowest BCUT2D eigenvalue weighted by Gasteiger charge is -2.16. The standard InChI is InChI=1S/C10H10FNO/c11-8-5-4-7-2-1-3-10(12-13)9(7)6-8/h4-6,13H,1-3H2. The smallest absolute Gasteiger partial charge is 0.123 e. The van der Waals surface area contributed by atoms with Gasteiger partial charge >= 0.3 is 0 Å². The Bertz CT molecular complexity index is 360. The van der Waals surface area contributed by atoms with Crippen LogP contribution in [0.1, 0.15) is 24.0 Å². The number of oxime groups is 1. The zero-order valence-corrected chi connectivity index (χ0v) is 7.13. The molecule has 0 aliphatic heterocycles. The van der Waals surface area contributed by atoms with Gasteiger partial charge in [0.1, 0.15) is 5.82 Å². The van der Waals surface area contributed by atoms with Gasteiger partial charge in [-0.15, -0.1) is 0 Å². The summed E-state index contributed by atoms with van der Waals surface area (Å²) in [6.07, 6.45) is 2.64. The molecule has 0 bridgehead atoms. The molecule has 0 saturated heterocycles. The van der Waals surface area contributed by atoms with E-state index in [4.69, 9.17) is 5.21 Å². The molecule has 0 saturated carbocycles. The van der Waals surface area contributed by atoms with Crippen molar-refractivity contribution < 1.29 is 9.60 Å². The van der Waals surface area contributed by atoms with Gasteiger partial charge in [-0.2, -0.15) is 0 Å². The van der Waals surface area contributed by atoms with E-state index in [2.05, 4.69) is 5.16 Å². The lowest BCUT2D eigenvalue weighted by Crippen LogP contribution is -2.12. The Morgan fingerprint density at radius 2 is 2.15 bits per heavy atom. The number of hydrogen-bond donors (Lipinski definition) is 1. The number of fused-ring (bicyclic) bond motifs is 1. The molecule has 68 valence electrons. The van der Waals surface area contributed by atoms with Gasteiger partial charge in [0.05, 0.1) is 5.71 Å². The molecular formula is C10H10FNO. The quantitative estimate of drug-likeness (QED) is 0.481. The first-order valence-electron chi connectivity index (χ1n) is 4.31. The van der Waals surface area contributed by atoms with Gasteiger partial charge in [-0.3, -0.25) is 0 Å². The predicted octanol–water partition coefficient (Wildman–Crippen LogP) is 2.34. The number of benzene rings is 1. The van der Waals surface area contributed by atoms with Crippen LogP contribution < -0.4 is 0 Å². The molecule has 1 aliphatic carbocycles. The van der Waals surface area contributed by atoms with Crippen LogP contribution in [0.25, 0.3) is 0 Å². The molecular weight excluding hydrogens is 169 g/mol. The molecule has 13 heavy (non-hydrogen) atoms. The van der Waals surface area contributed by atoms with E-state index in [0.29, 0.717) is 5.71 Å². The van der Waals surface area contributed by atoms with Crippen molar-refractivity contribution in [3.8, 4) is 0 Å². The second-order valence-corrected chi connectivity index (χ2v) is 3.20. The van der Waals surface area contributed by atoms with Gasteiger partial charge in [-0.25, -0.2) is 4.39 Å². The minimum Gasteiger partial charge on any atom is -0.411 e. The summed E-state index contributed by atoms with van der Waals surface area (Å²) in [4.78, 5) is 0. The van der Waals surface area contributed by atoms with E-state index in [0.717, 1.165) is 30.4 Å². The summed E-state index contributed by atoms with van der Waals surface area (Å²) >= 11 is 0. The summed E-state index contributed by atoms with van der Waals surface area (Å²) in [7, 11) is 0. The fourth-order valence-corrected chi connectivity index (χ4v) is 1.72. The molecule has 2 rings (SSSR count). The summed E-state index contributed by atoms with van der Waals surface area (Å²) in [5.41, 5.74) is 2.43. The van der Waals surface area contributed by atoms with E-state index >= 15 is 0 Å². The molecule has 1 aliphatic rings. The topological polar surface area (TPSA) is 32.6 Å². The second-order valence-electron chi connectivity index (χ2n) is 3.20. The highest BCUT2D eigenvalue weighted by Gasteiger charge is 2.16. The minimum atomic E-state index is -0.276. The maximum absolute atomic E-state index is 12.9. The minimum absolute atomic E-state index is 0.276. The molecule has 0 atom stereocenters. The molecule has 0 aromatic heterocycles. The molecule has 3 heteroatoms. The Hall–Kier alpha value is -1.38. The van der Waals surface area contributed by atoms with Gasteiger partial charge in [-0.05, 0) is 37.0 Å². The lowest BCUT2D eigenvalue weighted by atomic mass is 9.90. The molecule has 0 fully saturated rings. The third kappa shape index (κ3) is 1.41. The third-order valence-corrected chi connectivity index (χ3v) is 2.36. The van der Waals surface area contributed by atoms with Gasteiger partial charge in [0.15, 0.2) is 0 Å². The molecule has 0 amide bonds. The van der Waals surface area contributed by atoms with Crippen LogP contribution in [-0.2, 0) is 6.42 Å². The fraction of sp³-hybridized carbons (Fsp3) is 0.300. The Labute approximate surface area is 75.7 Å². The van der Waals surface area contributed by atoms with Crippen molar-refractivity contribution in [2.45, 2.75) is 19.3 Å². The zero-order valence-electron chi connectivity index (χ0n) is 7.13. The maximum Gasteiger partial charge on any atom is 0.123 e. The van der Waals surface area contributed by atoms with Gasteiger partial charge < -0.3 is 5.21 Å². The summed E-state index contributed by atoms with van der Waals surface area (Å²) < 4.78 is 12.9. The number of rotatable bonds is 0. The van der Waals surface area contributed by atoms with Crippen LogP contribution in [0.2, 0.25) is 0 Å². The van der Waals surface area contributed by atoms with Crippen LogP contribution in [0.15, 0.2) is 23.4 Å². The SMILES string of the molecule is ON=C1CCCc2ccc(F)cc21.